The summed E-state index contributed by atoms with van der Waals surface area (Å²) in [5.74, 6) is -1.74. The lowest BCUT2D eigenvalue weighted by atomic mass is 9.93. The van der Waals surface area contributed by atoms with Crippen molar-refractivity contribution in [2.75, 3.05) is 11.1 Å². The number of nitrogens with one attached hydrogen (secondary N) is 2. The van der Waals surface area contributed by atoms with Crippen molar-refractivity contribution < 1.29 is 27.2 Å². The summed E-state index contributed by atoms with van der Waals surface area (Å²) in [5.41, 5.74) is 7.22. The van der Waals surface area contributed by atoms with Crippen LogP contribution in [0.1, 0.15) is 54.6 Å². The molecule has 35 heavy (non-hydrogen) atoms. The number of halogens is 5. The Morgan fingerprint density at radius 1 is 1.20 bits per heavy atom. The summed E-state index contributed by atoms with van der Waals surface area (Å²) in [7, 11) is 1.63. The van der Waals surface area contributed by atoms with Crippen LogP contribution in [0.15, 0.2) is 18.2 Å². The van der Waals surface area contributed by atoms with Gasteiger partial charge in [0.1, 0.15) is 23.2 Å². The van der Waals surface area contributed by atoms with Gasteiger partial charge in [0.2, 0.25) is 5.91 Å². The van der Waals surface area contributed by atoms with Crippen molar-refractivity contribution in [1.82, 2.24) is 15.1 Å². The van der Waals surface area contributed by atoms with E-state index in [0.717, 1.165) is 13.0 Å². The number of rotatable bonds is 5. The maximum atomic E-state index is 13.4. The molecule has 7 nitrogen and oxygen atoms in total. The van der Waals surface area contributed by atoms with E-state index in [1.165, 1.54) is 16.8 Å². The van der Waals surface area contributed by atoms with Crippen molar-refractivity contribution >= 4 is 34.9 Å². The molecule has 2 unspecified atom stereocenters. The third-order valence-corrected chi connectivity index (χ3v) is 7.44. The Morgan fingerprint density at radius 3 is 2.40 bits per heavy atom. The van der Waals surface area contributed by atoms with Crippen molar-refractivity contribution in [1.29, 1.82) is 0 Å². The molecule has 0 saturated heterocycles. The average molecular weight is 516 g/mol. The van der Waals surface area contributed by atoms with Gasteiger partial charge in [0.15, 0.2) is 0 Å². The van der Waals surface area contributed by atoms with Gasteiger partial charge in [-0.1, -0.05) is 11.6 Å². The number of amides is 2. The first-order valence-corrected chi connectivity index (χ1v) is 11.7. The summed E-state index contributed by atoms with van der Waals surface area (Å²) in [6, 6.07) is 1.94. The first-order valence-electron chi connectivity index (χ1n) is 11.3. The zero-order valence-electron chi connectivity index (χ0n) is 19.1. The summed E-state index contributed by atoms with van der Waals surface area (Å²) < 4.78 is 53.2. The van der Waals surface area contributed by atoms with Gasteiger partial charge in [-0.05, 0) is 62.6 Å². The molecule has 0 bridgehead atoms. The minimum atomic E-state index is -4.48. The Balaban J connectivity index is 1.45. The molecule has 1 aromatic heterocycles. The molecule has 0 spiro atoms. The number of nitrogens with zero attached hydrogens (tertiary/aromatic N) is 2. The molecule has 190 valence electrons. The van der Waals surface area contributed by atoms with E-state index in [1.54, 1.807) is 7.05 Å². The largest absolute Gasteiger partial charge is 0.408 e. The lowest BCUT2D eigenvalue weighted by molar-refractivity contribution is -0.159. The van der Waals surface area contributed by atoms with Crippen LogP contribution in [0.2, 0.25) is 5.02 Å². The summed E-state index contributed by atoms with van der Waals surface area (Å²) >= 11 is 5.80. The fraction of sp³-hybridized carbons (Fsp3) is 0.522. The molecule has 12 heteroatoms. The number of nitrogen functional groups attached to an aromatic ring is 1. The Labute approximate surface area is 204 Å². The minimum Gasteiger partial charge on any atom is -0.383 e. The standard InChI is InChI=1S/C23H26ClF4N5O2/c1-10(23(26,27)28)30-21(34)14-7-11-5-13(6-12(11)8-14)19-18(20(29)33(2)32-19)22(35)31-15-3-4-17(25)16(24)9-15/h3-4,9-14H,5-8,29H2,1-2H3,(H,30,34)(H,31,35)/t10-,11?,12?,13?,14?/m1/s1. The molecule has 3 atom stereocenters. The van der Waals surface area contributed by atoms with Crippen molar-refractivity contribution in [3.8, 4) is 0 Å². The Morgan fingerprint density at radius 2 is 1.83 bits per heavy atom. The number of alkyl halides is 3. The second-order valence-corrected chi connectivity index (χ2v) is 9.89. The van der Waals surface area contributed by atoms with Crippen LogP contribution in [0.5, 0.6) is 0 Å². The number of nitrogens with two attached hydrogens (primary N) is 1. The number of hydrogen-bond donors (Lipinski definition) is 3. The van der Waals surface area contributed by atoms with Gasteiger partial charge in [-0.15, -0.1) is 0 Å². The summed E-state index contributed by atoms with van der Waals surface area (Å²) in [4.78, 5) is 25.4. The van der Waals surface area contributed by atoms with E-state index >= 15 is 0 Å². The van der Waals surface area contributed by atoms with Crippen LogP contribution in [-0.2, 0) is 11.8 Å². The van der Waals surface area contributed by atoms with Crippen LogP contribution in [-0.4, -0.2) is 33.8 Å². The van der Waals surface area contributed by atoms with Gasteiger partial charge in [-0.2, -0.15) is 18.3 Å². The molecule has 2 amide bonds. The number of hydrogen-bond acceptors (Lipinski definition) is 4. The van der Waals surface area contributed by atoms with Crippen LogP contribution in [0.25, 0.3) is 0 Å². The van der Waals surface area contributed by atoms with Crippen LogP contribution < -0.4 is 16.4 Å². The normalized spacial score (nSPS) is 24.8. The fourth-order valence-electron chi connectivity index (χ4n) is 5.31. The molecular weight excluding hydrogens is 490 g/mol. The first kappa shape index (κ1) is 25.3. The average Bonchev–Trinajstić information content (AvgIpc) is 3.42. The molecule has 1 aromatic carbocycles. The van der Waals surface area contributed by atoms with Gasteiger partial charge in [0, 0.05) is 24.6 Å². The second-order valence-electron chi connectivity index (χ2n) is 9.48. The van der Waals surface area contributed by atoms with E-state index in [0.29, 0.717) is 37.1 Å². The monoisotopic (exact) mass is 515 g/mol. The second kappa shape index (κ2) is 9.33. The van der Waals surface area contributed by atoms with Crippen molar-refractivity contribution in [2.45, 2.75) is 50.7 Å². The number of carbonyl (C=O) groups excluding carboxylic acids is 2. The maximum Gasteiger partial charge on any atom is 0.408 e. The fourth-order valence-corrected chi connectivity index (χ4v) is 5.49. The molecule has 1 heterocycles. The van der Waals surface area contributed by atoms with Crippen LogP contribution in [0, 0.1) is 23.6 Å². The quantitative estimate of drug-likeness (QED) is 0.505. The van der Waals surface area contributed by atoms with Crippen molar-refractivity contribution in [2.24, 2.45) is 24.8 Å². The van der Waals surface area contributed by atoms with Gasteiger partial charge in [-0.3, -0.25) is 14.3 Å². The van der Waals surface area contributed by atoms with Gasteiger partial charge in [0.25, 0.3) is 5.91 Å². The first-order chi connectivity index (χ1) is 16.3. The highest BCUT2D eigenvalue weighted by Gasteiger charge is 2.47. The number of anilines is 2. The van der Waals surface area contributed by atoms with Crippen molar-refractivity contribution in [3.63, 3.8) is 0 Å². The van der Waals surface area contributed by atoms with Gasteiger partial charge >= 0.3 is 6.18 Å². The van der Waals surface area contributed by atoms with Gasteiger partial charge in [-0.25, -0.2) is 4.39 Å². The Hall–Kier alpha value is -2.82. The molecule has 2 saturated carbocycles. The topological polar surface area (TPSA) is 102 Å². The molecule has 2 aliphatic carbocycles. The van der Waals surface area contributed by atoms with Gasteiger partial charge in [0.05, 0.1) is 10.7 Å². The predicted octanol–water partition coefficient (Wildman–Crippen LogP) is 4.63. The zero-order valence-corrected chi connectivity index (χ0v) is 19.9. The maximum absolute atomic E-state index is 13.4. The van der Waals surface area contributed by atoms with Gasteiger partial charge < -0.3 is 16.4 Å². The van der Waals surface area contributed by atoms with Crippen molar-refractivity contribution in [3.05, 3.63) is 40.3 Å². The van der Waals surface area contributed by atoms with Crippen LogP contribution in [0.4, 0.5) is 29.1 Å². The highest BCUT2D eigenvalue weighted by Crippen LogP contribution is 2.53. The molecule has 2 aliphatic rings. The predicted molar refractivity (Wildman–Crippen MR) is 122 cm³/mol. The lowest BCUT2D eigenvalue weighted by Gasteiger charge is -2.20. The summed E-state index contributed by atoms with van der Waals surface area (Å²) in [6.45, 7) is 0.932. The third kappa shape index (κ3) is 5.10. The molecule has 0 aliphatic heterocycles. The molecule has 4 N–H and O–H groups in total. The highest BCUT2D eigenvalue weighted by atomic mass is 35.5. The Kier molecular flexibility index (Phi) is 6.74. The number of aromatic nitrogens is 2. The van der Waals surface area contributed by atoms with E-state index in [-0.39, 0.29) is 34.2 Å². The zero-order chi connectivity index (χ0) is 25.7. The van der Waals surface area contributed by atoms with Crippen LogP contribution >= 0.6 is 11.6 Å². The van der Waals surface area contributed by atoms with E-state index < -0.39 is 35.8 Å². The molecule has 4 rings (SSSR count). The Bertz CT molecular complexity index is 1140. The van der Waals surface area contributed by atoms with E-state index in [4.69, 9.17) is 17.3 Å². The lowest BCUT2D eigenvalue weighted by Crippen LogP contribution is -2.45. The number of benzene rings is 1. The smallest absolute Gasteiger partial charge is 0.383 e. The summed E-state index contributed by atoms with van der Waals surface area (Å²) in [6.07, 6.45) is -2.18. The van der Waals surface area contributed by atoms with E-state index in [9.17, 15) is 27.2 Å². The third-order valence-electron chi connectivity index (χ3n) is 7.15. The summed E-state index contributed by atoms with van der Waals surface area (Å²) in [5, 5.41) is 9.10. The highest BCUT2D eigenvalue weighted by molar-refractivity contribution is 6.31. The molecule has 2 fully saturated rings. The van der Waals surface area contributed by atoms with E-state index in [1.807, 2.05) is 0 Å². The number of aryl methyl sites for hydroxylation is 1. The SMILES string of the molecule is C[C@@H](NC(=O)C1CC2CC(c3nn(C)c(N)c3C(=O)Nc3ccc(F)c(Cl)c3)CC2C1)C(F)(F)F. The molecule has 0 radical (unpaired) electrons. The van der Waals surface area contributed by atoms with Crippen LogP contribution in [0.3, 0.4) is 0 Å². The molecular formula is C23H26ClF4N5O2. The number of carbonyl (C=O) groups is 2. The minimum absolute atomic E-state index is 0.0795. The van der Waals surface area contributed by atoms with E-state index in [2.05, 4.69) is 15.7 Å². The number of fused-ring (bicyclic) bond motifs is 1. The molecule has 2 aromatic rings.